The Hall–Kier alpha value is -8.47. The number of anilines is 3. The minimum absolute atomic E-state index is 0.0163. The third-order valence-electron chi connectivity index (χ3n) is 13.9. The molecule has 0 saturated carbocycles. The molecule has 0 saturated heterocycles. The molecular formula is C66H54N4. The van der Waals surface area contributed by atoms with Gasteiger partial charge in [0.2, 0.25) is 5.95 Å². The number of hydrogen-bond acceptors (Lipinski definition) is 4. The number of aryl methyl sites for hydroxylation is 6. The van der Waals surface area contributed by atoms with E-state index >= 15 is 0 Å². The number of fused-ring (bicyclic) bond motifs is 2. The zero-order valence-corrected chi connectivity index (χ0v) is 40.6. The number of aromatic nitrogens is 3. The molecule has 0 fully saturated rings. The zero-order valence-electron chi connectivity index (χ0n) is 40.6. The summed E-state index contributed by atoms with van der Waals surface area (Å²) in [5.41, 5.74) is 20.0. The first-order chi connectivity index (χ1) is 34.2. The van der Waals surface area contributed by atoms with Gasteiger partial charge in [0.15, 0.2) is 11.6 Å². The van der Waals surface area contributed by atoms with Crippen LogP contribution in [-0.2, 0) is 0 Å². The predicted octanol–water partition coefficient (Wildman–Crippen LogP) is 17.3. The van der Waals surface area contributed by atoms with Crippen molar-refractivity contribution in [1.82, 2.24) is 15.0 Å². The van der Waals surface area contributed by atoms with Crippen LogP contribution in [0.1, 0.15) is 56.0 Å². The van der Waals surface area contributed by atoms with E-state index in [4.69, 9.17) is 15.0 Å². The van der Waals surface area contributed by atoms with E-state index in [9.17, 15) is 0 Å². The van der Waals surface area contributed by atoms with Crippen LogP contribution in [0, 0.1) is 41.5 Å². The first-order valence-corrected chi connectivity index (χ1v) is 24.2. The number of nitrogens with zero attached hydrogens (tertiary/aromatic N) is 4. The molecule has 10 aromatic carbocycles. The van der Waals surface area contributed by atoms with Gasteiger partial charge in [-0.3, -0.25) is 4.90 Å². The second-order valence-corrected chi connectivity index (χ2v) is 18.7. The van der Waals surface area contributed by atoms with E-state index in [1.54, 1.807) is 0 Å². The Kier molecular flexibility index (Phi) is 11.7. The van der Waals surface area contributed by atoms with Crippen LogP contribution in [0.5, 0.6) is 0 Å². The highest BCUT2D eigenvalue weighted by atomic mass is 15.3. The molecule has 0 N–H and O–H groups in total. The first kappa shape index (κ1) is 44.1. The van der Waals surface area contributed by atoms with Crippen LogP contribution in [0.25, 0.3) is 66.6 Å². The lowest BCUT2D eigenvalue weighted by atomic mass is 9.75. The summed E-state index contributed by atoms with van der Waals surface area (Å²) in [7, 11) is 0. The maximum Gasteiger partial charge on any atom is 0.238 e. The minimum Gasteiger partial charge on any atom is -0.278 e. The Bertz CT molecular complexity index is 3600. The smallest absolute Gasteiger partial charge is 0.238 e. The summed E-state index contributed by atoms with van der Waals surface area (Å²) in [5.74, 6) is 1.70. The summed E-state index contributed by atoms with van der Waals surface area (Å²) >= 11 is 0. The van der Waals surface area contributed by atoms with E-state index in [0.29, 0.717) is 17.6 Å². The second kappa shape index (κ2) is 18.6. The van der Waals surface area contributed by atoms with Gasteiger partial charge >= 0.3 is 0 Å². The average Bonchev–Trinajstić information content (AvgIpc) is 3.38. The molecule has 0 aliphatic carbocycles. The fourth-order valence-electron chi connectivity index (χ4n) is 11.0. The van der Waals surface area contributed by atoms with Crippen LogP contribution < -0.4 is 4.90 Å². The van der Waals surface area contributed by atoms with Crippen molar-refractivity contribution in [2.45, 2.75) is 47.5 Å². The Morgan fingerprint density at radius 3 is 1.44 bits per heavy atom. The van der Waals surface area contributed by atoms with Gasteiger partial charge in [-0.05, 0) is 132 Å². The number of hydrogen-bond donors (Lipinski definition) is 0. The average molecular weight is 903 g/mol. The van der Waals surface area contributed by atoms with Gasteiger partial charge < -0.3 is 0 Å². The molecule has 0 atom stereocenters. The molecule has 0 aliphatic heterocycles. The van der Waals surface area contributed by atoms with Crippen LogP contribution >= 0.6 is 0 Å². The van der Waals surface area contributed by atoms with Gasteiger partial charge in [0.05, 0.1) is 5.69 Å². The van der Waals surface area contributed by atoms with E-state index in [2.05, 4.69) is 241 Å². The van der Waals surface area contributed by atoms with Crippen LogP contribution in [0.3, 0.4) is 0 Å². The molecule has 4 nitrogen and oxygen atoms in total. The lowest BCUT2D eigenvalue weighted by Crippen LogP contribution is -2.17. The van der Waals surface area contributed by atoms with E-state index in [1.807, 2.05) is 18.2 Å². The molecule has 0 radical (unpaired) electrons. The molecule has 0 bridgehead atoms. The van der Waals surface area contributed by atoms with Crippen molar-refractivity contribution < 1.29 is 0 Å². The van der Waals surface area contributed by atoms with Crippen molar-refractivity contribution in [1.29, 1.82) is 0 Å². The fourth-order valence-corrected chi connectivity index (χ4v) is 11.0. The highest BCUT2D eigenvalue weighted by molar-refractivity contribution is 6.06. The van der Waals surface area contributed by atoms with Gasteiger partial charge in [-0.15, -0.1) is 0 Å². The van der Waals surface area contributed by atoms with Gasteiger partial charge in [-0.1, -0.05) is 205 Å². The Morgan fingerprint density at radius 2 is 0.857 bits per heavy atom. The molecule has 0 unspecified atom stereocenters. The molecule has 0 aliphatic rings. The van der Waals surface area contributed by atoms with Gasteiger partial charge in [-0.25, -0.2) is 4.98 Å². The Morgan fingerprint density at radius 1 is 0.371 bits per heavy atom. The molecule has 70 heavy (non-hydrogen) atoms. The molecule has 11 aromatic rings. The van der Waals surface area contributed by atoms with E-state index in [-0.39, 0.29) is 5.92 Å². The van der Waals surface area contributed by atoms with Gasteiger partial charge in [-0.2, -0.15) is 9.97 Å². The number of benzene rings is 10. The first-order valence-electron chi connectivity index (χ1n) is 24.2. The summed E-state index contributed by atoms with van der Waals surface area (Å²) < 4.78 is 0. The zero-order chi connectivity index (χ0) is 47.9. The van der Waals surface area contributed by atoms with E-state index in [1.165, 1.54) is 55.5 Å². The van der Waals surface area contributed by atoms with Crippen LogP contribution in [-0.4, -0.2) is 15.0 Å². The molecule has 4 heteroatoms. The summed E-state index contributed by atoms with van der Waals surface area (Å²) in [4.78, 5) is 18.6. The topological polar surface area (TPSA) is 41.9 Å². The van der Waals surface area contributed by atoms with Crippen LogP contribution in [0.2, 0.25) is 0 Å². The van der Waals surface area contributed by atoms with Crippen molar-refractivity contribution in [3.05, 3.63) is 262 Å². The Balaban J connectivity index is 1.19. The summed E-state index contributed by atoms with van der Waals surface area (Å²) in [6.07, 6.45) is 0. The molecule has 0 spiro atoms. The van der Waals surface area contributed by atoms with E-state index < -0.39 is 0 Å². The lowest BCUT2D eigenvalue weighted by molar-refractivity contribution is 0.927. The molecule has 11 rings (SSSR count). The molecule has 1 aromatic heterocycles. The Labute approximate surface area is 411 Å². The third-order valence-corrected chi connectivity index (χ3v) is 13.9. The predicted molar refractivity (Wildman–Crippen MR) is 294 cm³/mol. The molecule has 338 valence electrons. The largest absolute Gasteiger partial charge is 0.278 e. The normalized spacial score (nSPS) is 11.4. The van der Waals surface area contributed by atoms with Crippen molar-refractivity contribution in [3.63, 3.8) is 0 Å². The van der Waals surface area contributed by atoms with Crippen LogP contribution in [0.15, 0.2) is 212 Å². The van der Waals surface area contributed by atoms with Crippen molar-refractivity contribution >= 4 is 38.9 Å². The maximum absolute atomic E-state index is 5.57. The second-order valence-electron chi connectivity index (χ2n) is 18.7. The molecular weight excluding hydrogens is 849 g/mol. The quantitative estimate of drug-likeness (QED) is 0.128. The van der Waals surface area contributed by atoms with E-state index in [0.717, 1.165) is 60.9 Å². The number of rotatable bonds is 10. The van der Waals surface area contributed by atoms with Gasteiger partial charge in [0, 0.05) is 33.5 Å². The lowest BCUT2D eigenvalue weighted by Gasteiger charge is -2.30. The fraction of sp³-hybridized carbons (Fsp3) is 0.106. The highest BCUT2D eigenvalue weighted by Crippen LogP contribution is 2.47. The highest BCUT2D eigenvalue weighted by Gasteiger charge is 2.29. The van der Waals surface area contributed by atoms with Crippen molar-refractivity contribution in [2.24, 2.45) is 0 Å². The monoisotopic (exact) mass is 902 g/mol. The molecule has 0 amide bonds. The summed E-state index contributed by atoms with van der Waals surface area (Å²) in [5, 5.41) is 4.48. The van der Waals surface area contributed by atoms with Crippen LogP contribution in [0.4, 0.5) is 17.3 Å². The minimum atomic E-state index is -0.0163. The standard InChI is InChI=1S/C66H54N4/c1-42-38-44(3)60(45(4)39-42)63(61-46(5)40-43(2)41-47(61)6)57-36-37-59(56-29-17-16-28-55(56)57)70(53-34-32-49(33-35-53)48-20-10-7-11-21-48)66-68-64(52-24-14-9-15-25-52)67-65(69-66)58-31-19-27-51-26-18-30-54(62(51)58)50-22-12-8-13-23-50/h7-41,63H,1-6H3. The van der Waals surface area contributed by atoms with Gasteiger partial charge in [0.1, 0.15) is 0 Å². The van der Waals surface area contributed by atoms with Crippen molar-refractivity contribution in [3.8, 4) is 45.0 Å². The third kappa shape index (κ3) is 8.22. The maximum atomic E-state index is 5.57. The SMILES string of the molecule is Cc1cc(C)c(C(c2c(C)cc(C)cc2C)c2ccc(N(c3ccc(-c4ccccc4)cc3)c3nc(-c4ccccc4)nc(-c4cccc5cccc(-c6ccccc6)c45)n3)c3ccccc23)c(C)c1. The van der Waals surface area contributed by atoms with Gasteiger partial charge in [0.25, 0.3) is 0 Å². The summed E-state index contributed by atoms with van der Waals surface area (Å²) in [6.45, 7) is 13.5. The molecule has 1 heterocycles. The summed E-state index contributed by atoms with van der Waals surface area (Å²) in [6, 6.07) is 76.0. The van der Waals surface area contributed by atoms with Crippen molar-refractivity contribution in [2.75, 3.05) is 4.90 Å².